The summed E-state index contributed by atoms with van der Waals surface area (Å²) < 4.78 is 55.1. The van der Waals surface area contributed by atoms with Crippen LogP contribution in [0.15, 0.2) is 24.4 Å². The molecule has 2 rings (SSSR count). The smallest absolute Gasteiger partial charge is 0.340 e. The number of rotatable bonds is 8. The second-order valence-corrected chi connectivity index (χ2v) is 6.45. The van der Waals surface area contributed by atoms with Gasteiger partial charge in [-0.15, -0.1) is 11.3 Å². The van der Waals surface area contributed by atoms with Gasteiger partial charge >= 0.3 is 12.3 Å². The van der Waals surface area contributed by atoms with Crippen molar-refractivity contribution in [2.75, 3.05) is 11.9 Å². The van der Waals surface area contributed by atoms with Gasteiger partial charge in [0, 0.05) is 28.9 Å². The number of nitrogens with one attached hydrogen (secondary N) is 1. The van der Waals surface area contributed by atoms with Gasteiger partial charge in [0.1, 0.15) is 5.75 Å². The lowest BCUT2D eigenvalue weighted by Crippen LogP contribution is -2.33. The van der Waals surface area contributed by atoms with Crippen molar-refractivity contribution in [3.8, 4) is 5.75 Å². The third-order valence-corrected chi connectivity index (χ3v) is 3.96. The van der Waals surface area contributed by atoms with Gasteiger partial charge in [0.2, 0.25) is 0 Å². The van der Waals surface area contributed by atoms with Crippen molar-refractivity contribution in [3.63, 3.8) is 0 Å². The minimum Gasteiger partial charge on any atom is -0.487 e. The summed E-state index contributed by atoms with van der Waals surface area (Å²) in [5, 5.41) is 13.7. The molecule has 0 spiro atoms. The van der Waals surface area contributed by atoms with Crippen molar-refractivity contribution < 1.29 is 27.2 Å². The number of thiazole rings is 1. The van der Waals surface area contributed by atoms with Gasteiger partial charge in [0.25, 0.3) is 5.69 Å². The number of nitro benzene ring substituents is 1. The minimum absolute atomic E-state index is 0.189. The Hall–Kier alpha value is -2.14. The molecule has 0 amide bonds. The average Bonchev–Trinajstić information content (AvgIpc) is 2.96. The number of nitro groups is 1. The van der Waals surface area contributed by atoms with Crippen LogP contribution >= 0.6 is 22.9 Å². The van der Waals surface area contributed by atoms with Crippen LogP contribution in [0, 0.1) is 10.1 Å². The number of alkyl halides is 4. The number of anilines is 1. The van der Waals surface area contributed by atoms with Crippen LogP contribution in [0.25, 0.3) is 0 Å². The van der Waals surface area contributed by atoms with Crippen LogP contribution in [0.4, 0.5) is 28.9 Å². The second-order valence-electron chi connectivity index (χ2n) is 4.76. The molecule has 1 aromatic carbocycles. The maximum absolute atomic E-state index is 12.9. The number of halogens is 5. The molecule has 0 fully saturated rings. The van der Waals surface area contributed by atoms with E-state index in [2.05, 4.69) is 15.0 Å². The summed E-state index contributed by atoms with van der Waals surface area (Å²) in [6.45, 7) is -1.38. The highest BCUT2D eigenvalue weighted by atomic mass is 35.5. The van der Waals surface area contributed by atoms with Gasteiger partial charge in [0.15, 0.2) is 11.1 Å². The van der Waals surface area contributed by atoms with Crippen LogP contribution < -0.4 is 10.1 Å². The van der Waals surface area contributed by atoms with Gasteiger partial charge in [0.05, 0.1) is 17.5 Å². The summed E-state index contributed by atoms with van der Waals surface area (Å²) in [5.74, 6) is -4.70. The number of non-ortho nitro benzene ring substituents is 1. The fourth-order valence-electron chi connectivity index (χ4n) is 1.67. The Morgan fingerprint density at radius 1 is 1.40 bits per heavy atom. The third-order valence-electron chi connectivity index (χ3n) is 2.84. The van der Waals surface area contributed by atoms with Gasteiger partial charge < -0.3 is 10.1 Å². The van der Waals surface area contributed by atoms with Crippen LogP contribution in [-0.4, -0.2) is 28.9 Å². The lowest BCUT2D eigenvalue weighted by Gasteiger charge is -2.16. The van der Waals surface area contributed by atoms with Crippen molar-refractivity contribution in [1.29, 1.82) is 0 Å². The van der Waals surface area contributed by atoms with Crippen molar-refractivity contribution in [2.24, 2.45) is 0 Å². The molecule has 0 atom stereocenters. The number of aromatic nitrogens is 1. The zero-order valence-electron chi connectivity index (χ0n) is 12.2. The van der Waals surface area contributed by atoms with E-state index >= 15 is 0 Å². The summed E-state index contributed by atoms with van der Waals surface area (Å²) in [5.41, 5.74) is -0.253. The van der Waals surface area contributed by atoms with Crippen LogP contribution in [0.2, 0.25) is 4.47 Å². The van der Waals surface area contributed by atoms with E-state index in [9.17, 15) is 27.7 Å². The van der Waals surface area contributed by atoms with Gasteiger partial charge in [-0.3, -0.25) is 10.1 Å². The van der Waals surface area contributed by atoms with Crippen molar-refractivity contribution in [1.82, 2.24) is 4.98 Å². The predicted molar refractivity (Wildman–Crippen MR) is 84.0 cm³/mol. The molecular weight excluding hydrogens is 390 g/mol. The third kappa shape index (κ3) is 5.43. The molecule has 12 heteroatoms. The number of hydrogen-bond donors (Lipinski definition) is 1. The fraction of sp³-hybridized carbons (Fsp3) is 0.308. The summed E-state index contributed by atoms with van der Waals surface area (Å²) in [6.07, 6.45) is -2.40. The van der Waals surface area contributed by atoms with Gasteiger partial charge in [-0.25, -0.2) is 13.8 Å². The van der Waals surface area contributed by atoms with Crippen LogP contribution in [-0.2, 0) is 6.54 Å². The molecule has 1 heterocycles. The Kier molecular flexibility index (Phi) is 6.01. The van der Waals surface area contributed by atoms with Crippen LogP contribution in [0.3, 0.4) is 0 Å². The predicted octanol–water partition coefficient (Wildman–Crippen LogP) is 4.60. The fourth-order valence-corrected chi connectivity index (χ4v) is 2.59. The molecule has 0 unspecified atom stereocenters. The highest BCUT2D eigenvalue weighted by Gasteiger charge is 2.41. The number of hydrogen-bond acceptors (Lipinski definition) is 6. The molecular formula is C13H10ClF4N3O3S. The molecule has 0 aliphatic heterocycles. The molecule has 0 aliphatic carbocycles. The zero-order chi connectivity index (χ0) is 18.6. The summed E-state index contributed by atoms with van der Waals surface area (Å²) in [7, 11) is 0. The summed E-state index contributed by atoms with van der Waals surface area (Å²) in [4.78, 5) is 14.7. The molecule has 0 aliphatic rings. The summed E-state index contributed by atoms with van der Waals surface area (Å²) >= 11 is 6.86. The maximum Gasteiger partial charge on any atom is 0.340 e. The molecule has 1 aromatic heterocycles. The molecule has 0 radical (unpaired) electrons. The second kappa shape index (κ2) is 7.83. The van der Waals surface area contributed by atoms with E-state index in [1.165, 1.54) is 23.6 Å². The number of ether oxygens (including phenoxy) is 1. The van der Waals surface area contributed by atoms with Crippen molar-refractivity contribution in [3.05, 3.63) is 43.9 Å². The van der Waals surface area contributed by atoms with Gasteiger partial charge in [-0.05, 0) is 0 Å². The SMILES string of the molecule is O=[N+]([O-])c1cc(NCc2cnc(Cl)s2)cc(OCC(F)(F)C(F)F)c1. The van der Waals surface area contributed by atoms with E-state index in [0.717, 1.165) is 17.0 Å². The first-order valence-electron chi connectivity index (χ1n) is 6.60. The quantitative estimate of drug-likeness (QED) is 0.399. The van der Waals surface area contributed by atoms with Gasteiger partial charge in [-0.2, -0.15) is 8.78 Å². The zero-order valence-corrected chi connectivity index (χ0v) is 13.8. The molecule has 1 N–H and O–H groups in total. The Bertz CT molecular complexity index is 760. The molecule has 0 saturated heterocycles. The molecule has 2 aromatic rings. The molecule has 136 valence electrons. The highest BCUT2D eigenvalue weighted by Crippen LogP contribution is 2.29. The Labute approximate surface area is 147 Å². The van der Waals surface area contributed by atoms with E-state index in [1.807, 2.05) is 0 Å². The van der Waals surface area contributed by atoms with Gasteiger partial charge in [-0.1, -0.05) is 11.6 Å². The topological polar surface area (TPSA) is 77.3 Å². The van der Waals surface area contributed by atoms with Crippen LogP contribution in [0.5, 0.6) is 5.75 Å². The molecule has 0 bridgehead atoms. The first kappa shape index (κ1) is 19.2. The standard InChI is InChI=1S/C13H10ClF4N3O3S/c14-12-20-5-10(25-12)4-19-7-1-8(21(22)23)3-9(2-7)24-6-13(17,18)11(15)16/h1-3,5,11,19H,4,6H2. The first-order valence-corrected chi connectivity index (χ1v) is 7.79. The molecule has 0 saturated carbocycles. The minimum atomic E-state index is -4.36. The lowest BCUT2D eigenvalue weighted by atomic mass is 10.2. The lowest BCUT2D eigenvalue weighted by molar-refractivity contribution is -0.384. The Morgan fingerprint density at radius 2 is 2.12 bits per heavy atom. The van der Waals surface area contributed by atoms with E-state index in [1.54, 1.807) is 0 Å². The van der Waals surface area contributed by atoms with E-state index < -0.39 is 29.6 Å². The summed E-state index contributed by atoms with van der Waals surface area (Å²) in [6, 6.07) is 3.22. The van der Waals surface area contributed by atoms with E-state index in [-0.39, 0.29) is 18.0 Å². The van der Waals surface area contributed by atoms with Crippen LogP contribution in [0.1, 0.15) is 4.88 Å². The van der Waals surface area contributed by atoms with Crippen molar-refractivity contribution in [2.45, 2.75) is 18.9 Å². The molecule has 6 nitrogen and oxygen atoms in total. The van der Waals surface area contributed by atoms with Crippen molar-refractivity contribution >= 4 is 34.3 Å². The Balaban J connectivity index is 2.13. The normalized spacial score (nSPS) is 11.6. The monoisotopic (exact) mass is 399 g/mol. The first-order chi connectivity index (χ1) is 11.7. The highest BCUT2D eigenvalue weighted by molar-refractivity contribution is 7.15. The number of nitrogens with zero attached hydrogens (tertiary/aromatic N) is 2. The molecule has 25 heavy (non-hydrogen) atoms. The maximum atomic E-state index is 12.9. The largest absolute Gasteiger partial charge is 0.487 e. The number of benzene rings is 1. The Morgan fingerprint density at radius 3 is 2.68 bits per heavy atom. The van der Waals surface area contributed by atoms with E-state index in [4.69, 9.17) is 11.6 Å². The van der Waals surface area contributed by atoms with E-state index in [0.29, 0.717) is 4.47 Å². The average molecular weight is 400 g/mol.